The monoisotopic (exact) mass is 238 g/mol. The highest BCUT2D eigenvalue weighted by molar-refractivity contribution is 5.60. The second-order valence-electron chi connectivity index (χ2n) is 3.93. The molecule has 0 spiro atoms. The zero-order valence-electron chi connectivity index (χ0n) is 10.2. The Hall–Kier alpha value is -2.41. The molecule has 0 unspecified atom stereocenters. The van der Waals surface area contributed by atoms with Crippen molar-refractivity contribution in [2.45, 2.75) is 19.8 Å². The summed E-state index contributed by atoms with van der Waals surface area (Å²) in [5.74, 6) is 0.651. The third-order valence-electron chi connectivity index (χ3n) is 2.57. The first-order valence-corrected chi connectivity index (χ1v) is 5.90. The third kappa shape index (κ3) is 2.83. The van der Waals surface area contributed by atoms with E-state index < -0.39 is 0 Å². The molecule has 0 radical (unpaired) electrons. The number of hydrogen-bond donors (Lipinski definition) is 1. The summed E-state index contributed by atoms with van der Waals surface area (Å²) in [6.07, 6.45) is 5.15. The molecule has 0 saturated carbocycles. The molecule has 0 aliphatic rings. The smallest absolute Gasteiger partial charge is 0.158 e. The number of aryl methyl sites for hydroxylation is 1. The first kappa shape index (κ1) is 12.1. The molecule has 4 nitrogen and oxygen atoms in total. The first-order valence-electron chi connectivity index (χ1n) is 5.90. The van der Waals surface area contributed by atoms with E-state index in [-0.39, 0.29) is 0 Å². The average molecular weight is 238 g/mol. The predicted octanol–water partition coefficient (Wildman–Crippen LogP) is 3.04. The molecule has 2 rings (SSSR count). The van der Waals surface area contributed by atoms with Crippen LogP contribution >= 0.6 is 0 Å². The van der Waals surface area contributed by atoms with Crippen LogP contribution in [0.4, 0.5) is 11.5 Å². The lowest BCUT2D eigenvalue weighted by Gasteiger charge is -2.10. The largest absolute Gasteiger partial charge is 0.339 e. The van der Waals surface area contributed by atoms with Crippen LogP contribution in [0.3, 0.4) is 0 Å². The van der Waals surface area contributed by atoms with Gasteiger partial charge in [-0.25, -0.2) is 9.97 Å². The molecule has 1 aromatic carbocycles. The number of rotatable bonds is 4. The molecule has 1 N–H and O–H groups in total. The van der Waals surface area contributed by atoms with E-state index in [0.717, 1.165) is 18.5 Å². The predicted molar refractivity (Wildman–Crippen MR) is 70.5 cm³/mol. The van der Waals surface area contributed by atoms with Gasteiger partial charge in [-0.2, -0.15) is 5.26 Å². The number of anilines is 2. The minimum Gasteiger partial charge on any atom is -0.339 e. The van der Waals surface area contributed by atoms with E-state index in [4.69, 9.17) is 5.26 Å². The lowest BCUT2D eigenvalue weighted by molar-refractivity contribution is 0.923. The molecule has 4 heteroatoms. The van der Waals surface area contributed by atoms with Crippen LogP contribution in [0.5, 0.6) is 0 Å². The molecule has 0 amide bonds. The molecule has 18 heavy (non-hydrogen) atoms. The van der Waals surface area contributed by atoms with Gasteiger partial charge in [0, 0.05) is 5.69 Å². The van der Waals surface area contributed by atoms with Crippen molar-refractivity contribution < 1.29 is 0 Å². The molecule has 90 valence electrons. The highest BCUT2D eigenvalue weighted by Gasteiger charge is 2.02. The van der Waals surface area contributed by atoms with Gasteiger partial charge in [0.05, 0.1) is 12.4 Å². The quantitative estimate of drug-likeness (QED) is 0.889. The van der Waals surface area contributed by atoms with E-state index in [1.165, 1.54) is 11.8 Å². The molecule has 0 aliphatic carbocycles. The Morgan fingerprint density at radius 2 is 2.06 bits per heavy atom. The lowest BCUT2D eigenvalue weighted by Crippen LogP contribution is -1.99. The molecule has 2 aromatic rings. The van der Waals surface area contributed by atoms with Gasteiger partial charge in [0.15, 0.2) is 5.69 Å². The summed E-state index contributed by atoms with van der Waals surface area (Å²) in [4.78, 5) is 8.13. The van der Waals surface area contributed by atoms with Crippen molar-refractivity contribution in [1.82, 2.24) is 9.97 Å². The summed E-state index contributed by atoms with van der Waals surface area (Å²) in [5, 5.41) is 11.9. The Balaban J connectivity index is 2.20. The van der Waals surface area contributed by atoms with Crippen molar-refractivity contribution in [2.75, 3.05) is 5.32 Å². The van der Waals surface area contributed by atoms with Crippen molar-refractivity contribution in [1.29, 1.82) is 5.26 Å². The molecular weight excluding hydrogens is 224 g/mol. The van der Waals surface area contributed by atoms with E-state index >= 15 is 0 Å². The maximum Gasteiger partial charge on any atom is 0.158 e. The molecule has 0 saturated heterocycles. The van der Waals surface area contributed by atoms with Gasteiger partial charge in [0.1, 0.15) is 11.9 Å². The van der Waals surface area contributed by atoms with Gasteiger partial charge in [-0.15, -0.1) is 0 Å². The SMILES string of the molecule is CCCc1ccccc1Nc1cnc(C#N)cn1. The fourth-order valence-corrected chi connectivity index (χ4v) is 1.72. The molecule has 0 atom stereocenters. The van der Waals surface area contributed by atoms with Crippen molar-refractivity contribution in [3.05, 3.63) is 47.9 Å². The minimum absolute atomic E-state index is 0.322. The number of nitriles is 1. The van der Waals surface area contributed by atoms with Crippen molar-refractivity contribution in [2.24, 2.45) is 0 Å². The average Bonchev–Trinajstić information content (AvgIpc) is 2.42. The molecule has 0 aliphatic heterocycles. The lowest BCUT2D eigenvalue weighted by atomic mass is 10.1. The maximum absolute atomic E-state index is 8.66. The van der Waals surface area contributed by atoms with E-state index in [2.05, 4.69) is 28.3 Å². The topological polar surface area (TPSA) is 61.6 Å². The molecule has 0 fully saturated rings. The molecule has 0 bridgehead atoms. The van der Waals surface area contributed by atoms with Gasteiger partial charge in [-0.3, -0.25) is 0 Å². The Morgan fingerprint density at radius 3 is 2.72 bits per heavy atom. The first-order chi connectivity index (χ1) is 8.83. The second kappa shape index (κ2) is 5.78. The summed E-state index contributed by atoms with van der Waals surface area (Å²) in [6.45, 7) is 2.15. The van der Waals surface area contributed by atoms with Crippen molar-refractivity contribution in [3.8, 4) is 6.07 Å². The number of aromatic nitrogens is 2. The Morgan fingerprint density at radius 1 is 1.22 bits per heavy atom. The normalized spacial score (nSPS) is 9.78. The number of hydrogen-bond acceptors (Lipinski definition) is 4. The van der Waals surface area contributed by atoms with Crippen LogP contribution in [0, 0.1) is 11.3 Å². The zero-order chi connectivity index (χ0) is 12.8. The van der Waals surface area contributed by atoms with Crippen LogP contribution in [0.15, 0.2) is 36.7 Å². The van der Waals surface area contributed by atoms with Gasteiger partial charge in [0.2, 0.25) is 0 Å². The molecular formula is C14H14N4. The van der Waals surface area contributed by atoms with E-state index in [1.54, 1.807) is 6.20 Å². The summed E-state index contributed by atoms with van der Waals surface area (Å²) >= 11 is 0. The zero-order valence-corrected chi connectivity index (χ0v) is 10.2. The highest BCUT2D eigenvalue weighted by Crippen LogP contribution is 2.20. The van der Waals surface area contributed by atoms with Crippen LogP contribution in [0.2, 0.25) is 0 Å². The number of nitrogens with zero attached hydrogens (tertiary/aromatic N) is 3. The summed E-state index contributed by atoms with van der Waals surface area (Å²) in [6, 6.07) is 10.1. The molecule has 1 aromatic heterocycles. The van der Waals surface area contributed by atoms with Crippen LogP contribution in [0.1, 0.15) is 24.6 Å². The Labute approximate surface area is 106 Å². The summed E-state index contributed by atoms with van der Waals surface area (Å²) < 4.78 is 0. The van der Waals surface area contributed by atoms with Crippen molar-refractivity contribution in [3.63, 3.8) is 0 Å². The van der Waals surface area contributed by atoms with Gasteiger partial charge in [-0.05, 0) is 18.1 Å². The maximum atomic E-state index is 8.66. The van der Waals surface area contributed by atoms with Crippen LogP contribution in [-0.2, 0) is 6.42 Å². The van der Waals surface area contributed by atoms with E-state index in [0.29, 0.717) is 11.5 Å². The van der Waals surface area contributed by atoms with Crippen molar-refractivity contribution >= 4 is 11.5 Å². The Kier molecular flexibility index (Phi) is 3.87. The highest BCUT2D eigenvalue weighted by atomic mass is 15.0. The van der Waals surface area contributed by atoms with Gasteiger partial charge < -0.3 is 5.32 Å². The summed E-state index contributed by atoms with van der Waals surface area (Å²) in [5.41, 5.74) is 2.62. The Bertz CT molecular complexity index is 555. The standard InChI is InChI=1S/C14H14N4/c1-2-5-11-6-3-4-7-13(11)18-14-10-16-12(8-15)9-17-14/h3-4,6-7,9-10H,2,5H2,1H3,(H,17,18). The van der Waals surface area contributed by atoms with Crippen LogP contribution in [0.25, 0.3) is 0 Å². The van der Waals surface area contributed by atoms with E-state index in [1.807, 2.05) is 24.3 Å². The third-order valence-corrected chi connectivity index (χ3v) is 2.57. The van der Waals surface area contributed by atoms with E-state index in [9.17, 15) is 0 Å². The number of benzene rings is 1. The molecule has 1 heterocycles. The summed E-state index contributed by atoms with van der Waals surface area (Å²) in [7, 11) is 0. The second-order valence-corrected chi connectivity index (χ2v) is 3.93. The number of nitrogens with one attached hydrogen (secondary N) is 1. The minimum atomic E-state index is 0.322. The van der Waals surface area contributed by atoms with Gasteiger partial charge in [-0.1, -0.05) is 31.5 Å². The van der Waals surface area contributed by atoms with Crippen LogP contribution < -0.4 is 5.32 Å². The fourth-order valence-electron chi connectivity index (χ4n) is 1.72. The fraction of sp³-hybridized carbons (Fsp3) is 0.214. The number of para-hydroxylation sites is 1. The van der Waals surface area contributed by atoms with Gasteiger partial charge in [0.25, 0.3) is 0 Å². The van der Waals surface area contributed by atoms with Gasteiger partial charge >= 0.3 is 0 Å². The van der Waals surface area contributed by atoms with Crippen LogP contribution in [-0.4, -0.2) is 9.97 Å².